The molecule has 0 amide bonds. The van der Waals surface area contributed by atoms with E-state index in [1.165, 1.54) is 16.4 Å². The van der Waals surface area contributed by atoms with Gasteiger partial charge in [0.2, 0.25) is 0 Å². The van der Waals surface area contributed by atoms with Crippen molar-refractivity contribution in [1.82, 2.24) is 0 Å². The third-order valence-corrected chi connectivity index (χ3v) is 6.54. The summed E-state index contributed by atoms with van der Waals surface area (Å²) >= 11 is 0. The van der Waals surface area contributed by atoms with Crippen LogP contribution in [0.3, 0.4) is 0 Å². The summed E-state index contributed by atoms with van der Waals surface area (Å²) in [5.41, 5.74) is 0.380. The number of nitro benzene ring substituents is 1. The molecule has 0 aliphatic rings. The molecule has 8 nitrogen and oxygen atoms in total. The highest BCUT2D eigenvalue weighted by Crippen LogP contribution is 2.33. The number of nitrogens with zero attached hydrogens (tertiary/aromatic N) is 2. The molecule has 1 N–H and O–H groups in total. The van der Waals surface area contributed by atoms with Crippen molar-refractivity contribution < 1.29 is 17.8 Å². The number of anilines is 2. The van der Waals surface area contributed by atoms with Gasteiger partial charge in [0.15, 0.2) is 0 Å². The zero-order valence-electron chi connectivity index (χ0n) is 16.9. The average molecular weight is 429 g/mol. The summed E-state index contributed by atoms with van der Waals surface area (Å²) in [5, 5.41) is 14.7. The number of benzene rings is 2. The van der Waals surface area contributed by atoms with Crippen LogP contribution >= 0.6 is 0 Å². The Balaban J connectivity index is 1.97. The summed E-state index contributed by atoms with van der Waals surface area (Å²) in [7, 11) is -3.97. The Morgan fingerprint density at radius 3 is 2.40 bits per heavy atom. The van der Waals surface area contributed by atoms with Crippen LogP contribution in [0.5, 0.6) is 0 Å². The van der Waals surface area contributed by atoms with Crippen LogP contribution in [-0.2, 0) is 10.0 Å². The Morgan fingerprint density at radius 1 is 1.13 bits per heavy atom. The van der Waals surface area contributed by atoms with Crippen LogP contribution in [0.4, 0.5) is 17.1 Å². The highest BCUT2D eigenvalue weighted by Gasteiger charge is 2.27. The molecule has 0 bridgehead atoms. The molecule has 1 heterocycles. The van der Waals surface area contributed by atoms with Crippen molar-refractivity contribution >= 4 is 27.1 Å². The molecule has 0 aliphatic heterocycles. The molecule has 0 fully saturated rings. The Labute approximate surface area is 175 Å². The molecule has 0 aliphatic carbocycles. The molecule has 0 saturated carbocycles. The Morgan fingerprint density at radius 2 is 1.83 bits per heavy atom. The van der Waals surface area contributed by atoms with Gasteiger partial charge in [0.05, 0.1) is 21.5 Å². The van der Waals surface area contributed by atoms with Gasteiger partial charge in [-0.25, -0.2) is 8.42 Å². The number of nitro groups is 1. The smallest absolute Gasteiger partial charge is 0.293 e. The number of sulfonamides is 1. The fourth-order valence-corrected chi connectivity index (χ4v) is 4.64. The number of aryl methyl sites for hydroxylation is 1. The van der Waals surface area contributed by atoms with Gasteiger partial charge in [-0.15, -0.1) is 0 Å². The monoisotopic (exact) mass is 429 g/mol. The van der Waals surface area contributed by atoms with Crippen LogP contribution in [0, 0.1) is 17.0 Å². The second-order valence-corrected chi connectivity index (χ2v) is 8.62. The van der Waals surface area contributed by atoms with E-state index in [4.69, 9.17) is 4.42 Å². The normalized spacial score (nSPS) is 12.4. The van der Waals surface area contributed by atoms with Gasteiger partial charge in [0.25, 0.3) is 15.7 Å². The van der Waals surface area contributed by atoms with E-state index in [1.807, 2.05) is 6.92 Å². The van der Waals surface area contributed by atoms with Gasteiger partial charge < -0.3 is 9.73 Å². The maximum Gasteiger partial charge on any atom is 0.293 e. The van der Waals surface area contributed by atoms with Gasteiger partial charge in [-0.1, -0.05) is 18.2 Å². The predicted octanol–water partition coefficient (Wildman–Crippen LogP) is 4.88. The number of hydrogen-bond donors (Lipinski definition) is 1. The molecule has 2 aromatic carbocycles. The minimum Gasteiger partial charge on any atom is -0.464 e. The van der Waals surface area contributed by atoms with Crippen molar-refractivity contribution in [2.24, 2.45) is 0 Å². The summed E-state index contributed by atoms with van der Waals surface area (Å²) in [6, 6.07) is 15.7. The van der Waals surface area contributed by atoms with E-state index < -0.39 is 14.9 Å². The topological polar surface area (TPSA) is 106 Å². The minimum atomic E-state index is -3.97. The molecule has 3 aromatic rings. The van der Waals surface area contributed by atoms with Gasteiger partial charge in [0, 0.05) is 12.6 Å². The van der Waals surface area contributed by atoms with Crippen LogP contribution in [0.15, 0.2) is 70.0 Å². The average Bonchev–Trinajstić information content (AvgIpc) is 3.15. The Hall–Kier alpha value is -3.33. The predicted molar refractivity (Wildman–Crippen MR) is 115 cm³/mol. The van der Waals surface area contributed by atoms with E-state index in [9.17, 15) is 18.5 Å². The Kier molecular flexibility index (Phi) is 6.12. The summed E-state index contributed by atoms with van der Waals surface area (Å²) < 4.78 is 33.1. The molecule has 1 unspecified atom stereocenters. The largest absolute Gasteiger partial charge is 0.464 e. The zero-order valence-corrected chi connectivity index (χ0v) is 17.7. The van der Waals surface area contributed by atoms with Crippen LogP contribution in [0.1, 0.15) is 31.4 Å². The molecule has 158 valence electrons. The second-order valence-electron chi connectivity index (χ2n) is 6.76. The first-order valence-electron chi connectivity index (χ1n) is 9.43. The fraction of sp³-hybridized carbons (Fsp3) is 0.238. The SMILES string of the molecule is CCN(c1ccccc1)S(=O)(=O)c1ccc(NC(C)c2ccc(C)o2)c([N+](=O)[O-])c1. The summed E-state index contributed by atoms with van der Waals surface area (Å²) in [6.45, 7) is 5.52. The summed E-state index contributed by atoms with van der Waals surface area (Å²) in [5.74, 6) is 1.36. The van der Waals surface area contributed by atoms with E-state index in [1.54, 1.807) is 56.3 Å². The lowest BCUT2D eigenvalue weighted by Crippen LogP contribution is -2.30. The first-order chi connectivity index (χ1) is 14.2. The third kappa shape index (κ3) is 4.30. The fourth-order valence-electron chi connectivity index (χ4n) is 3.15. The van der Waals surface area contributed by atoms with E-state index >= 15 is 0 Å². The van der Waals surface area contributed by atoms with E-state index in [2.05, 4.69) is 5.32 Å². The molecule has 30 heavy (non-hydrogen) atoms. The molecule has 0 spiro atoms. The van der Waals surface area contributed by atoms with E-state index in [0.29, 0.717) is 11.4 Å². The van der Waals surface area contributed by atoms with Crippen molar-refractivity contribution in [2.45, 2.75) is 31.7 Å². The van der Waals surface area contributed by atoms with Crippen molar-refractivity contribution in [2.75, 3.05) is 16.2 Å². The first kappa shape index (κ1) is 21.4. The van der Waals surface area contributed by atoms with Crippen molar-refractivity contribution in [3.8, 4) is 0 Å². The van der Waals surface area contributed by atoms with Crippen LogP contribution < -0.4 is 9.62 Å². The number of nitrogens with one attached hydrogen (secondary N) is 1. The van der Waals surface area contributed by atoms with Crippen molar-refractivity contribution in [3.63, 3.8) is 0 Å². The minimum absolute atomic E-state index is 0.146. The zero-order chi connectivity index (χ0) is 21.9. The molecular formula is C21H23N3O5S. The third-order valence-electron chi connectivity index (χ3n) is 4.65. The van der Waals surface area contributed by atoms with Gasteiger partial charge in [0.1, 0.15) is 17.2 Å². The number of rotatable bonds is 8. The number of hydrogen-bond acceptors (Lipinski definition) is 6. The first-order valence-corrected chi connectivity index (χ1v) is 10.9. The second kappa shape index (κ2) is 8.58. The van der Waals surface area contributed by atoms with Gasteiger partial charge >= 0.3 is 0 Å². The maximum absolute atomic E-state index is 13.2. The molecule has 1 aromatic heterocycles. The van der Waals surface area contributed by atoms with Crippen LogP contribution in [0.25, 0.3) is 0 Å². The quantitative estimate of drug-likeness (QED) is 0.404. The van der Waals surface area contributed by atoms with Crippen molar-refractivity contribution in [1.29, 1.82) is 0 Å². The highest BCUT2D eigenvalue weighted by atomic mass is 32.2. The van der Waals surface area contributed by atoms with Gasteiger partial charge in [-0.05, 0) is 57.2 Å². The molecular weight excluding hydrogens is 406 g/mol. The molecule has 9 heteroatoms. The summed E-state index contributed by atoms with van der Waals surface area (Å²) in [6.07, 6.45) is 0. The molecule has 0 saturated heterocycles. The molecule has 1 atom stereocenters. The standard InChI is InChI=1S/C21H23N3O5S/c1-4-23(17-8-6-5-7-9-17)30(27,28)18-11-12-19(20(14-18)24(25)26)22-16(3)21-13-10-15(2)29-21/h5-14,16,22H,4H2,1-3H3. The van der Waals surface area contributed by atoms with E-state index in [-0.39, 0.29) is 28.9 Å². The van der Waals surface area contributed by atoms with Crippen LogP contribution in [0.2, 0.25) is 0 Å². The molecule has 3 rings (SSSR count). The lowest BCUT2D eigenvalue weighted by atomic mass is 10.2. The molecule has 0 radical (unpaired) electrons. The van der Waals surface area contributed by atoms with Gasteiger partial charge in [-0.2, -0.15) is 0 Å². The van der Waals surface area contributed by atoms with Gasteiger partial charge in [-0.3, -0.25) is 14.4 Å². The maximum atomic E-state index is 13.2. The number of para-hydroxylation sites is 1. The lowest BCUT2D eigenvalue weighted by molar-refractivity contribution is -0.384. The van der Waals surface area contributed by atoms with Crippen molar-refractivity contribution in [3.05, 3.63) is 82.3 Å². The summed E-state index contributed by atoms with van der Waals surface area (Å²) in [4.78, 5) is 10.9. The lowest BCUT2D eigenvalue weighted by Gasteiger charge is -2.23. The van der Waals surface area contributed by atoms with Crippen LogP contribution in [-0.4, -0.2) is 19.9 Å². The van der Waals surface area contributed by atoms with E-state index in [0.717, 1.165) is 11.8 Å². The Bertz CT molecular complexity index is 1140. The highest BCUT2D eigenvalue weighted by molar-refractivity contribution is 7.92. The number of furan rings is 1.